The number of nitrogens with two attached hydrogens (primary N) is 1. The first-order valence-electron chi connectivity index (χ1n) is 7.26. The Morgan fingerprint density at radius 3 is 1.20 bits per heavy atom. The van der Waals surface area contributed by atoms with E-state index in [4.69, 9.17) is 5.73 Å². The van der Waals surface area contributed by atoms with Crippen LogP contribution in [0.5, 0.6) is 0 Å². The van der Waals surface area contributed by atoms with Gasteiger partial charge in [0.1, 0.15) is 23.1 Å². The summed E-state index contributed by atoms with van der Waals surface area (Å²) in [5, 5.41) is 0. The number of carbonyl (C=O) groups is 4. The third-order valence-corrected chi connectivity index (χ3v) is 3.00. The topological polar surface area (TPSA) is 94.3 Å². The van der Waals surface area contributed by atoms with E-state index in [-0.39, 0.29) is 61.7 Å². The molecule has 0 aliphatic carbocycles. The van der Waals surface area contributed by atoms with Gasteiger partial charge in [0.15, 0.2) is 0 Å². The van der Waals surface area contributed by atoms with Gasteiger partial charge < -0.3 is 5.73 Å². The molecule has 0 saturated heterocycles. The van der Waals surface area contributed by atoms with Gasteiger partial charge >= 0.3 is 0 Å². The summed E-state index contributed by atoms with van der Waals surface area (Å²) in [6.45, 7) is 2.22. The molecule has 0 atom stereocenters. The highest BCUT2D eigenvalue weighted by atomic mass is 16.1. The highest BCUT2D eigenvalue weighted by molar-refractivity contribution is 5.90. The Morgan fingerprint density at radius 2 is 0.900 bits per heavy atom. The van der Waals surface area contributed by atoms with Crippen molar-refractivity contribution < 1.29 is 19.2 Å². The fourth-order valence-electron chi connectivity index (χ4n) is 1.78. The first-order valence-corrected chi connectivity index (χ1v) is 7.26. The number of Topliss-reactive ketones (excluding diaryl/α,β-unsaturated/α-hetero) is 4. The fraction of sp³-hybridized carbons (Fsp3) is 0.733. The minimum absolute atomic E-state index is 0.0164. The molecular formula is C15H25NO4. The van der Waals surface area contributed by atoms with Crippen molar-refractivity contribution in [2.45, 2.75) is 64.7 Å². The number of ketones is 4. The molecule has 0 bridgehead atoms. The van der Waals surface area contributed by atoms with Crippen molar-refractivity contribution in [1.82, 2.24) is 0 Å². The Hall–Kier alpha value is -1.36. The van der Waals surface area contributed by atoms with E-state index in [0.29, 0.717) is 19.4 Å². The highest BCUT2D eigenvalue weighted by Gasteiger charge is 2.11. The van der Waals surface area contributed by atoms with E-state index < -0.39 is 0 Å². The molecule has 0 fully saturated rings. The first-order chi connectivity index (χ1) is 9.49. The van der Waals surface area contributed by atoms with Gasteiger partial charge in [-0.15, -0.1) is 0 Å². The number of rotatable bonds is 13. The van der Waals surface area contributed by atoms with Crippen molar-refractivity contribution in [2.24, 2.45) is 5.73 Å². The van der Waals surface area contributed by atoms with Crippen LogP contribution in [0.1, 0.15) is 64.7 Å². The van der Waals surface area contributed by atoms with Crippen LogP contribution in [0.2, 0.25) is 0 Å². The molecular weight excluding hydrogens is 258 g/mol. The monoisotopic (exact) mass is 283 g/mol. The highest BCUT2D eigenvalue weighted by Crippen LogP contribution is 2.06. The molecule has 0 aliphatic heterocycles. The van der Waals surface area contributed by atoms with Crippen LogP contribution in [0.25, 0.3) is 0 Å². The van der Waals surface area contributed by atoms with Gasteiger partial charge in [0.05, 0.1) is 0 Å². The SMILES string of the molecule is CCCC(=O)CCC(=O)CCC(=O)CCC(=O)CCN. The van der Waals surface area contributed by atoms with Crippen molar-refractivity contribution in [3.8, 4) is 0 Å². The zero-order chi connectivity index (χ0) is 15.4. The van der Waals surface area contributed by atoms with Gasteiger partial charge in [-0.25, -0.2) is 0 Å². The summed E-state index contributed by atoms with van der Waals surface area (Å²) in [7, 11) is 0. The summed E-state index contributed by atoms with van der Waals surface area (Å²) in [5.74, 6) is -0.0587. The summed E-state index contributed by atoms with van der Waals surface area (Å²) in [4.78, 5) is 45.4. The van der Waals surface area contributed by atoms with Crippen LogP contribution in [0.4, 0.5) is 0 Å². The van der Waals surface area contributed by atoms with E-state index in [1.807, 2.05) is 6.92 Å². The van der Waals surface area contributed by atoms with Gasteiger partial charge in [0, 0.05) is 51.4 Å². The van der Waals surface area contributed by atoms with Crippen molar-refractivity contribution in [1.29, 1.82) is 0 Å². The van der Waals surface area contributed by atoms with E-state index in [1.165, 1.54) is 0 Å². The standard InChI is InChI=1S/C15H25NO4/c1-2-3-12(17)4-5-13(18)6-7-14(19)8-9-15(20)10-11-16/h2-11,16H2,1H3. The summed E-state index contributed by atoms with van der Waals surface area (Å²) in [5.41, 5.74) is 5.24. The lowest BCUT2D eigenvalue weighted by molar-refractivity contribution is -0.127. The lowest BCUT2D eigenvalue weighted by Gasteiger charge is -2.01. The van der Waals surface area contributed by atoms with E-state index >= 15 is 0 Å². The molecule has 0 saturated carbocycles. The zero-order valence-electron chi connectivity index (χ0n) is 12.3. The number of hydrogen-bond donors (Lipinski definition) is 1. The molecule has 0 aromatic carbocycles. The van der Waals surface area contributed by atoms with Crippen molar-refractivity contribution >= 4 is 23.1 Å². The van der Waals surface area contributed by atoms with E-state index in [9.17, 15) is 19.2 Å². The molecule has 0 rings (SSSR count). The number of hydrogen-bond acceptors (Lipinski definition) is 5. The van der Waals surface area contributed by atoms with Gasteiger partial charge in [0.2, 0.25) is 0 Å². The Bertz CT molecular complexity index is 316. The zero-order valence-corrected chi connectivity index (χ0v) is 12.3. The van der Waals surface area contributed by atoms with Gasteiger partial charge in [0.25, 0.3) is 0 Å². The fourth-order valence-corrected chi connectivity index (χ4v) is 1.78. The molecule has 114 valence electrons. The summed E-state index contributed by atoms with van der Waals surface area (Å²) in [6.07, 6.45) is 2.82. The van der Waals surface area contributed by atoms with E-state index in [1.54, 1.807) is 0 Å². The second-order valence-corrected chi connectivity index (χ2v) is 4.94. The predicted octanol–water partition coefficient (Wildman–Crippen LogP) is 1.75. The average Bonchev–Trinajstić information content (AvgIpc) is 2.41. The molecule has 5 nitrogen and oxygen atoms in total. The lowest BCUT2D eigenvalue weighted by Crippen LogP contribution is -2.11. The molecule has 5 heteroatoms. The smallest absolute Gasteiger partial charge is 0.134 e. The molecule has 0 heterocycles. The molecule has 0 aromatic rings. The summed E-state index contributed by atoms with van der Waals surface area (Å²) >= 11 is 0. The van der Waals surface area contributed by atoms with E-state index in [2.05, 4.69) is 0 Å². The minimum Gasteiger partial charge on any atom is -0.330 e. The maximum absolute atomic E-state index is 11.5. The van der Waals surface area contributed by atoms with Gasteiger partial charge in [-0.3, -0.25) is 19.2 Å². The molecule has 0 unspecified atom stereocenters. The summed E-state index contributed by atoms with van der Waals surface area (Å²) in [6, 6.07) is 0. The second-order valence-electron chi connectivity index (χ2n) is 4.94. The van der Waals surface area contributed by atoms with Crippen LogP contribution in [0.15, 0.2) is 0 Å². The normalized spacial score (nSPS) is 10.3. The van der Waals surface area contributed by atoms with Gasteiger partial charge in [-0.2, -0.15) is 0 Å². The van der Waals surface area contributed by atoms with Crippen LogP contribution in [0, 0.1) is 0 Å². The van der Waals surface area contributed by atoms with Crippen LogP contribution in [-0.4, -0.2) is 29.7 Å². The molecule has 0 radical (unpaired) electrons. The maximum atomic E-state index is 11.5. The van der Waals surface area contributed by atoms with Crippen LogP contribution in [0.3, 0.4) is 0 Å². The second kappa shape index (κ2) is 11.5. The van der Waals surface area contributed by atoms with Crippen LogP contribution < -0.4 is 5.73 Å². The van der Waals surface area contributed by atoms with Gasteiger partial charge in [-0.1, -0.05) is 6.92 Å². The van der Waals surface area contributed by atoms with Crippen molar-refractivity contribution in [3.63, 3.8) is 0 Å². The molecule has 0 aromatic heterocycles. The first kappa shape index (κ1) is 18.6. The average molecular weight is 283 g/mol. The largest absolute Gasteiger partial charge is 0.330 e. The lowest BCUT2D eigenvalue weighted by atomic mass is 10.0. The van der Waals surface area contributed by atoms with Crippen molar-refractivity contribution in [2.75, 3.05) is 6.54 Å². The molecule has 0 spiro atoms. The Balaban J connectivity index is 3.70. The molecule has 20 heavy (non-hydrogen) atoms. The van der Waals surface area contributed by atoms with Crippen LogP contribution >= 0.6 is 0 Å². The van der Waals surface area contributed by atoms with Crippen LogP contribution in [-0.2, 0) is 19.2 Å². The Morgan fingerprint density at radius 1 is 0.600 bits per heavy atom. The molecule has 0 aliphatic rings. The third-order valence-electron chi connectivity index (χ3n) is 3.00. The minimum atomic E-state index is -0.0800. The van der Waals surface area contributed by atoms with Crippen molar-refractivity contribution in [3.05, 3.63) is 0 Å². The predicted molar refractivity (Wildman–Crippen MR) is 76.3 cm³/mol. The summed E-state index contributed by atoms with van der Waals surface area (Å²) < 4.78 is 0. The molecule has 0 amide bonds. The molecule has 2 N–H and O–H groups in total. The van der Waals surface area contributed by atoms with E-state index in [0.717, 1.165) is 6.42 Å². The van der Waals surface area contributed by atoms with Gasteiger partial charge in [-0.05, 0) is 13.0 Å². The number of carbonyl (C=O) groups excluding carboxylic acids is 4. The quantitative estimate of drug-likeness (QED) is 0.555. The third kappa shape index (κ3) is 10.6. The Kier molecular flexibility index (Phi) is 10.7. The maximum Gasteiger partial charge on any atom is 0.134 e. The Labute approximate surface area is 120 Å².